The quantitative estimate of drug-likeness (QED) is 0.131. The predicted octanol–water partition coefficient (Wildman–Crippen LogP) is 8.33. The molecule has 3 rings (SSSR count). The molecule has 3 aromatic carbocycles. The third kappa shape index (κ3) is 5.22. The minimum absolute atomic E-state index is 0.113. The van der Waals surface area contributed by atoms with Gasteiger partial charge in [-0.15, -0.1) is 0 Å². The number of ether oxygens (including phenoxy) is 1. The lowest BCUT2D eigenvalue weighted by atomic mass is 9.98. The van der Waals surface area contributed by atoms with Crippen molar-refractivity contribution in [1.82, 2.24) is 0 Å². The van der Waals surface area contributed by atoms with E-state index in [1.807, 2.05) is 0 Å². The minimum atomic E-state index is -1.39. The lowest BCUT2D eigenvalue weighted by Gasteiger charge is -2.13. The fourth-order valence-corrected chi connectivity index (χ4v) is 4.87. The van der Waals surface area contributed by atoms with Gasteiger partial charge in [-0.3, -0.25) is 0 Å². The highest BCUT2D eigenvalue weighted by Gasteiger charge is 2.22. The molecule has 0 bridgehead atoms. The summed E-state index contributed by atoms with van der Waals surface area (Å²) >= 11 is 0. The second kappa shape index (κ2) is 10.5. The van der Waals surface area contributed by atoms with Crippen LogP contribution in [0.2, 0.25) is 19.1 Å². The zero-order valence-electron chi connectivity index (χ0n) is 18.4. The van der Waals surface area contributed by atoms with Crippen LogP contribution >= 0.6 is 0 Å². The molecule has 1 nitrogen and oxygen atoms in total. The number of fused-ring (bicyclic) bond motifs is 3. The number of unbranched alkanes of at least 4 members (excludes halogenated alkanes) is 5. The van der Waals surface area contributed by atoms with Gasteiger partial charge in [0.25, 0.3) is 0 Å². The van der Waals surface area contributed by atoms with E-state index in [9.17, 15) is 17.6 Å². The second-order valence-corrected chi connectivity index (χ2v) is 11.4. The SMILES string of the molecule is Cc1ccc2c(c1F)c(F)c(F)c1c(F)c(OCCCCCCCC[Si](C)C)ccc12. The summed E-state index contributed by atoms with van der Waals surface area (Å²) in [5, 5.41) is -0.685. The molecule has 3 aromatic rings. The molecule has 0 aliphatic heterocycles. The maximum absolute atomic E-state index is 15.0. The largest absolute Gasteiger partial charge is 0.490 e. The van der Waals surface area contributed by atoms with E-state index in [0.717, 1.165) is 19.3 Å². The van der Waals surface area contributed by atoms with Crippen molar-refractivity contribution in [1.29, 1.82) is 0 Å². The van der Waals surface area contributed by atoms with Gasteiger partial charge in [-0.1, -0.05) is 63.4 Å². The van der Waals surface area contributed by atoms with E-state index in [1.54, 1.807) is 0 Å². The Morgan fingerprint density at radius 1 is 0.677 bits per heavy atom. The Bertz CT molecular complexity index is 1060. The third-order valence-electron chi connectivity index (χ3n) is 5.69. The van der Waals surface area contributed by atoms with Crippen molar-refractivity contribution in [2.45, 2.75) is 64.6 Å². The van der Waals surface area contributed by atoms with E-state index in [4.69, 9.17) is 4.74 Å². The summed E-state index contributed by atoms with van der Waals surface area (Å²) in [5.41, 5.74) is 0.201. The van der Waals surface area contributed by atoms with Crippen LogP contribution in [0.3, 0.4) is 0 Å². The van der Waals surface area contributed by atoms with Crippen LogP contribution in [-0.2, 0) is 0 Å². The van der Waals surface area contributed by atoms with Gasteiger partial charge in [-0.25, -0.2) is 17.6 Å². The lowest BCUT2D eigenvalue weighted by molar-refractivity contribution is 0.291. The van der Waals surface area contributed by atoms with Crippen LogP contribution in [0, 0.1) is 30.2 Å². The zero-order valence-corrected chi connectivity index (χ0v) is 19.4. The molecule has 0 fully saturated rings. The average molecular weight is 450 g/mol. The molecule has 0 atom stereocenters. The van der Waals surface area contributed by atoms with Gasteiger partial charge in [0, 0.05) is 8.80 Å². The molecule has 1 radical (unpaired) electrons. The van der Waals surface area contributed by atoms with Crippen molar-refractivity contribution >= 4 is 30.3 Å². The maximum atomic E-state index is 15.0. The topological polar surface area (TPSA) is 9.23 Å². The number of hydrogen-bond donors (Lipinski definition) is 0. The molecule has 6 heteroatoms. The summed E-state index contributed by atoms with van der Waals surface area (Å²) in [5.74, 6) is -4.66. The Hall–Kier alpha value is -2.08. The number of hydrogen-bond acceptors (Lipinski definition) is 1. The molecule has 0 N–H and O–H groups in total. The number of rotatable bonds is 10. The average Bonchev–Trinajstić information content (AvgIpc) is 2.73. The van der Waals surface area contributed by atoms with E-state index in [1.165, 1.54) is 56.5 Å². The van der Waals surface area contributed by atoms with E-state index in [-0.39, 0.29) is 30.9 Å². The molecule has 167 valence electrons. The van der Waals surface area contributed by atoms with Gasteiger partial charge in [-0.05, 0) is 41.8 Å². The van der Waals surface area contributed by atoms with Crippen molar-refractivity contribution in [3.8, 4) is 5.75 Å². The molecule has 0 aromatic heterocycles. The molecule has 31 heavy (non-hydrogen) atoms. The van der Waals surface area contributed by atoms with Gasteiger partial charge in [0.05, 0.1) is 17.4 Å². The first-order chi connectivity index (χ1) is 14.8. The summed E-state index contributed by atoms with van der Waals surface area (Å²) in [6.45, 7) is 6.44. The van der Waals surface area contributed by atoms with Crippen LogP contribution in [0.1, 0.15) is 44.1 Å². The van der Waals surface area contributed by atoms with Gasteiger partial charge in [-0.2, -0.15) is 0 Å². The number of benzene rings is 3. The smallest absolute Gasteiger partial charge is 0.175 e. The first-order valence-electron chi connectivity index (χ1n) is 10.9. The molecule has 0 saturated heterocycles. The molecule has 0 spiro atoms. The van der Waals surface area contributed by atoms with Gasteiger partial charge in [0.2, 0.25) is 0 Å². The second-order valence-electron chi connectivity index (χ2n) is 8.47. The molecule has 0 unspecified atom stereocenters. The van der Waals surface area contributed by atoms with E-state index in [0.29, 0.717) is 6.61 Å². The highest BCUT2D eigenvalue weighted by atomic mass is 28.3. The zero-order chi connectivity index (χ0) is 22.5. The Balaban J connectivity index is 1.68. The summed E-state index contributed by atoms with van der Waals surface area (Å²) in [4.78, 5) is 0. The molecular formula is C25H29F4OSi. The van der Waals surface area contributed by atoms with Crippen molar-refractivity contribution in [2.75, 3.05) is 6.61 Å². The fourth-order valence-electron chi connectivity index (χ4n) is 3.92. The van der Waals surface area contributed by atoms with Gasteiger partial charge in [0.1, 0.15) is 5.82 Å². The minimum Gasteiger partial charge on any atom is -0.490 e. The van der Waals surface area contributed by atoms with Gasteiger partial charge >= 0.3 is 0 Å². The van der Waals surface area contributed by atoms with Crippen LogP contribution in [-0.4, -0.2) is 15.4 Å². The van der Waals surface area contributed by atoms with E-state index in [2.05, 4.69) is 13.1 Å². The molecule has 0 saturated carbocycles. The fraction of sp³-hybridized carbons (Fsp3) is 0.440. The number of aryl methyl sites for hydroxylation is 1. The first-order valence-corrected chi connectivity index (χ1v) is 13.6. The van der Waals surface area contributed by atoms with Crippen molar-refractivity contribution < 1.29 is 22.3 Å². The van der Waals surface area contributed by atoms with Crippen LogP contribution in [0.25, 0.3) is 21.5 Å². The summed E-state index contributed by atoms with van der Waals surface area (Å²) in [6.07, 6.45) is 6.59. The van der Waals surface area contributed by atoms with Gasteiger partial charge in [0.15, 0.2) is 23.2 Å². The Morgan fingerprint density at radius 2 is 1.23 bits per heavy atom. The normalized spacial score (nSPS) is 11.7. The molecule has 0 heterocycles. The van der Waals surface area contributed by atoms with Crippen LogP contribution in [0.15, 0.2) is 24.3 Å². The van der Waals surface area contributed by atoms with E-state index >= 15 is 0 Å². The highest BCUT2D eigenvalue weighted by molar-refractivity contribution is 6.55. The standard InChI is InChI=1S/C25H29F4OSi/c1-16-10-11-17-18-12-13-19(30-14-8-6-4-5-7-9-15-31(2)3)23(27)21(18)25(29)24(28)20(17)22(16)26/h10-13H,4-9,14-15H2,1-3H3. The van der Waals surface area contributed by atoms with Gasteiger partial charge < -0.3 is 4.74 Å². The molecule has 0 amide bonds. The lowest BCUT2D eigenvalue weighted by Crippen LogP contribution is -2.02. The Morgan fingerprint density at radius 3 is 1.87 bits per heavy atom. The van der Waals surface area contributed by atoms with Crippen LogP contribution < -0.4 is 4.74 Å². The van der Waals surface area contributed by atoms with Crippen molar-refractivity contribution in [2.24, 2.45) is 0 Å². The maximum Gasteiger partial charge on any atom is 0.175 e. The highest BCUT2D eigenvalue weighted by Crippen LogP contribution is 2.37. The Labute approximate surface area is 183 Å². The summed E-state index contributed by atoms with van der Waals surface area (Å²) in [6, 6.07) is 7.18. The first kappa shape index (κ1) is 23.6. The number of halogens is 4. The summed E-state index contributed by atoms with van der Waals surface area (Å²) in [7, 11) is -0.132. The van der Waals surface area contributed by atoms with Crippen molar-refractivity contribution in [3.63, 3.8) is 0 Å². The molecule has 0 aliphatic rings. The molecule has 0 aliphatic carbocycles. The van der Waals surface area contributed by atoms with E-state index < -0.39 is 34.0 Å². The molecular weight excluding hydrogens is 420 g/mol. The predicted molar refractivity (Wildman–Crippen MR) is 122 cm³/mol. The van der Waals surface area contributed by atoms with Crippen LogP contribution in [0.5, 0.6) is 5.75 Å². The third-order valence-corrected chi connectivity index (χ3v) is 7.05. The summed E-state index contributed by atoms with van der Waals surface area (Å²) < 4.78 is 64.2. The van der Waals surface area contributed by atoms with Crippen molar-refractivity contribution in [3.05, 3.63) is 53.1 Å². The van der Waals surface area contributed by atoms with Crippen LogP contribution in [0.4, 0.5) is 17.6 Å². The monoisotopic (exact) mass is 449 g/mol. The Kier molecular flexibility index (Phi) is 7.98.